The summed E-state index contributed by atoms with van der Waals surface area (Å²) in [6, 6.07) is 12.7. The molecule has 26 heavy (non-hydrogen) atoms. The van der Waals surface area contributed by atoms with Gasteiger partial charge in [-0.3, -0.25) is 4.79 Å². The molecule has 0 aliphatic carbocycles. The Balaban J connectivity index is 1.92. The zero-order valence-electron chi connectivity index (χ0n) is 14.9. The molecule has 0 spiro atoms. The molecule has 0 aliphatic rings. The molecule has 0 unspecified atom stereocenters. The van der Waals surface area contributed by atoms with E-state index in [0.29, 0.717) is 17.2 Å². The number of nitrogens with one attached hydrogen (secondary N) is 2. The van der Waals surface area contributed by atoms with Crippen molar-refractivity contribution in [3.63, 3.8) is 0 Å². The molecule has 7 nitrogen and oxygen atoms in total. The Morgan fingerprint density at radius 1 is 1.00 bits per heavy atom. The van der Waals surface area contributed by atoms with Gasteiger partial charge in [0.2, 0.25) is 15.9 Å². The molecule has 0 bridgehead atoms. The van der Waals surface area contributed by atoms with Crippen molar-refractivity contribution in [2.24, 2.45) is 0 Å². The topological polar surface area (TPSA) is 93.7 Å². The van der Waals surface area contributed by atoms with Crippen molar-refractivity contribution in [2.75, 3.05) is 19.0 Å². The summed E-state index contributed by atoms with van der Waals surface area (Å²) in [7, 11) is -2.24. The van der Waals surface area contributed by atoms with Crippen LogP contribution in [0.15, 0.2) is 53.4 Å². The van der Waals surface area contributed by atoms with Gasteiger partial charge in [-0.2, -0.15) is 0 Å². The van der Waals surface area contributed by atoms with Gasteiger partial charge >= 0.3 is 0 Å². The summed E-state index contributed by atoms with van der Waals surface area (Å²) in [5, 5.41) is 2.61. The summed E-state index contributed by atoms with van der Waals surface area (Å²) in [5.74, 6) is 0.767. The molecule has 2 N–H and O–H groups in total. The van der Waals surface area contributed by atoms with Gasteiger partial charge in [0.25, 0.3) is 0 Å². The van der Waals surface area contributed by atoms with Crippen LogP contribution in [0.1, 0.15) is 13.8 Å². The molecule has 1 amide bonds. The molecular formula is C18H22N2O5S. The highest BCUT2D eigenvalue weighted by molar-refractivity contribution is 7.89. The second-order valence-electron chi connectivity index (χ2n) is 5.74. The standard InChI is InChI=1S/C18H22N2O5S/c1-13(2)25-16-8-10-17(11-9-16)26(22,23)19-12-18(21)20-14-4-6-15(24-3)7-5-14/h4-11,13,19H,12H2,1-3H3,(H,20,21). The summed E-state index contributed by atoms with van der Waals surface area (Å²) in [6.45, 7) is 3.39. The third-order valence-electron chi connectivity index (χ3n) is 3.30. The second-order valence-corrected chi connectivity index (χ2v) is 7.51. The van der Waals surface area contributed by atoms with Crippen LogP contribution in [0.2, 0.25) is 0 Å². The maximum Gasteiger partial charge on any atom is 0.241 e. The van der Waals surface area contributed by atoms with Gasteiger partial charge in [0.15, 0.2) is 0 Å². The van der Waals surface area contributed by atoms with Gasteiger partial charge in [0.05, 0.1) is 24.7 Å². The fourth-order valence-electron chi connectivity index (χ4n) is 2.09. The Hall–Kier alpha value is -2.58. The molecule has 0 saturated heterocycles. The average molecular weight is 378 g/mol. The van der Waals surface area contributed by atoms with Crippen LogP contribution in [0, 0.1) is 0 Å². The van der Waals surface area contributed by atoms with Crippen molar-refractivity contribution in [1.82, 2.24) is 4.72 Å². The Morgan fingerprint density at radius 3 is 2.12 bits per heavy atom. The van der Waals surface area contributed by atoms with Crippen LogP contribution in [0.4, 0.5) is 5.69 Å². The van der Waals surface area contributed by atoms with E-state index in [9.17, 15) is 13.2 Å². The molecule has 0 saturated carbocycles. The van der Waals surface area contributed by atoms with Crippen LogP contribution in [-0.4, -0.2) is 34.1 Å². The number of carbonyl (C=O) groups excluding carboxylic acids is 1. The fourth-order valence-corrected chi connectivity index (χ4v) is 3.08. The average Bonchev–Trinajstić information content (AvgIpc) is 2.61. The van der Waals surface area contributed by atoms with Crippen molar-refractivity contribution in [1.29, 1.82) is 0 Å². The molecule has 0 fully saturated rings. The van der Waals surface area contributed by atoms with E-state index in [1.807, 2.05) is 13.8 Å². The van der Waals surface area contributed by atoms with Crippen molar-refractivity contribution in [2.45, 2.75) is 24.8 Å². The number of sulfonamides is 1. The highest BCUT2D eigenvalue weighted by atomic mass is 32.2. The normalized spacial score (nSPS) is 11.2. The van der Waals surface area contributed by atoms with E-state index in [2.05, 4.69) is 10.0 Å². The van der Waals surface area contributed by atoms with Crippen LogP contribution in [0.3, 0.4) is 0 Å². The van der Waals surface area contributed by atoms with Crippen LogP contribution < -0.4 is 19.5 Å². The quantitative estimate of drug-likeness (QED) is 0.736. The maximum absolute atomic E-state index is 12.3. The molecule has 0 aromatic heterocycles. The lowest BCUT2D eigenvalue weighted by Gasteiger charge is -2.11. The van der Waals surface area contributed by atoms with E-state index in [-0.39, 0.29) is 17.5 Å². The number of carbonyl (C=O) groups is 1. The zero-order valence-corrected chi connectivity index (χ0v) is 15.7. The first-order valence-electron chi connectivity index (χ1n) is 8.00. The Bertz CT molecular complexity index is 831. The number of amides is 1. The monoisotopic (exact) mass is 378 g/mol. The van der Waals surface area contributed by atoms with E-state index in [1.54, 1.807) is 43.5 Å². The van der Waals surface area contributed by atoms with E-state index in [0.717, 1.165) is 0 Å². The summed E-state index contributed by atoms with van der Waals surface area (Å²) in [4.78, 5) is 12.0. The van der Waals surface area contributed by atoms with Crippen LogP contribution in [0.25, 0.3) is 0 Å². The molecule has 2 rings (SSSR count). The molecule has 8 heteroatoms. The summed E-state index contributed by atoms with van der Waals surface area (Å²) in [5.41, 5.74) is 0.546. The van der Waals surface area contributed by atoms with Crippen LogP contribution in [-0.2, 0) is 14.8 Å². The summed E-state index contributed by atoms with van der Waals surface area (Å²) < 4.78 is 37.3. The van der Waals surface area contributed by atoms with Crippen molar-refractivity contribution in [3.8, 4) is 11.5 Å². The Kier molecular flexibility index (Phi) is 6.59. The lowest BCUT2D eigenvalue weighted by Crippen LogP contribution is -2.32. The third-order valence-corrected chi connectivity index (χ3v) is 4.72. The number of hydrogen-bond donors (Lipinski definition) is 2. The van der Waals surface area contributed by atoms with Gasteiger partial charge in [0.1, 0.15) is 11.5 Å². The lowest BCUT2D eigenvalue weighted by atomic mass is 10.3. The van der Waals surface area contributed by atoms with Gasteiger partial charge in [-0.1, -0.05) is 0 Å². The van der Waals surface area contributed by atoms with Gasteiger partial charge in [-0.25, -0.2) is 13.1 Å². The largest absolute Gasteiger partial charge is 0.497 e. The lowest BCUT2D eigenvalue weighted by molar-refractivity contribution is -0.115. The maximum atomic E-state index is 12.3. The van der Waals surface area contributed by atoms with E-state index >= 15 is 0 Å². The number of hydrogen-bond acceptors (Lipinski definition) is 5. The molecule has 0 aliphatic heterocycles. The van der Waals surface area contributed by atoms with Crippen LogP contribution in [0.5, 0.6) is 11.5 Å². The smallest absolute Gasteiger partial charge is 0.241 e. The molecule has 0 atom stereocenters. The number of methoxy groups -OCH3 is 1. The minimum absolute atomic E-state index is 0.00256. The minimum atomic E-state index is -3.79. The first kappa shape index (κ1) is 19.7. The Morgan fingerprint density at radius 2 is 1.58 bits per heavy atom. The van der Waals surface area contributed by atoms with Crippen molar-refractivity contribution in [3.05, 3.63) is 48.5 Å². The molecule has 0 radical (unpaired) electrons. The zero-order chi connectivity index (χ0) is 19.2. The van der Waals surface area contributed by atoms with E-state index < -0.39 is 15.9 Å². The predicted molar refractivity (Wildman–Crippen MR) is 99.0 cm³/mol. The van der Waals surface area contributed by atoms with E-state index in [1.165, 1.54) is 12.1 Å². The molecule has 2 aromatic rings. The van der Waals surface area contributed by atoms with E-state index in [4.69, 9.17) is 9.47 Å². The second kappa shape index (κ2) is 8.68. The van der Waals surface area contributed by atoms with Crippen LogP contribution >= 0.6 is 0 Å². The molecule has 140 valence electrons. The van der Waals surface area contributed by atoms with Crippen molar-refractivity contribution >= 4 is 21.6 Å². The molecular weight excluding hydrogens is 356 g/mol. The third kappa shape index (κ3) is 5.75. The number of anilines is 1. The van der Waals surface area contributed by atoms with Gasteiger partial charge in [0, 0.05) is 5.69 Å². The Labute approximate surface area is 153 Å². The van der Waals surface area contributed by atoms with Gasteiger partial charge in [-0.15, -0.1) is 0 Å². The first-order chi connectivity index (χ1) is 12.3. The highest BCUT2D eigenvalue weighted by Gasteiger charge is 2.16. The molecule has 2 aromatic carbocycles. The first-order valence-corrected chi connectivity index (χ1v) is 9.49. The minimum Gasteiger partial charge on any atom is -0.497 e. The summed E-state index contributed by atoms with van der Waals surface area (Å²) >= 11 is 0. The van der Waals surface area contributed by atoms with Gasteiger partial charge in [-0.05, 0) is 62.4 Å². The number of benzene rings is 2. The number of rotatable bonds is 8. The fraction of sp³-hybridized carbons (Fsp3) is 0.278. The predicted octanol–water partition coefficient (Wildman–Crippen LogP) is 2.40. The van der Waals surface area contributed by atoms with Gasteiger partial charge < -0.3 is 14.8 Å². The highest BCUT2D eigenvalue weighted by Crippen LogP contribution is 2.17. The molecule has 0 heterocycles. The summed E-state index contributed by atoms with van der Waals surface area (Å²) in [6.07, 6.45) is -0.00256. The number of ether oxygens (including phenoxy) is 2. The van der Waals surface area contributed by atoms with Crippen molar-refractivity contribution < 1.29 is 22.7 Å². The SMILES string of the molecule is COc1ccc(NC(=O)CNS(=O)(=O)c2ccc(OC(C)C)cc2)cc1.